The first kappa shape index (κ1) is 29.0. The van der Waals surface area contributed by atoms with E-state index in [9.17, 15) is 14.4 Å². The van der Waals surface area contributed by atoms with Gasteiger partial charge in [0.15, 0.2) is 11.5 Å². The smallest absolute Gasteiger partial charge is 0.308 e. The van der Waals surface area contributed by atoms with E-state index in [0.717, 1.165) is 28.8 Å². The molecular weight excluding hydrogens is 544 g/mol. The molecular formula is C35H38N2O6. The maximum Gasteiger partial charge on any atom is 0.308 e. The summed E-state index contributed by atoms with van der Waals surface area (Å²) in [7, 11) is 1.77. The Balaban J connectivity index is 1.46. The zero-order valence-electron chi connectivity index (χ0n) is 25.5. The van der Waals surface area contributed by atoms with Gasteiger partial charge in [-0.1, -0.05) is 24.1 Å². The number of piperidine rings is 1. The fourth-order valence-corrected chi connectivity index (χ4v) is 8.23. The number of esters is 2. The summed E-state index contributed by atoms with van der Waals surface area (Å²) < 4.78 is 19.0. The molecule has 1 spiro atoms. The molecule has 43 heavy (non-hydrogen) atoms. The molecule has 4 aliphatic rings. The standard InChI is InChI=1S/C35H38N2O6/c1-7-17-37-18-16-34-31-26-11-12-28(41-23(4)38)32(31)42-33(34)27(14-15-35(34,29(37)20-26)43-24(5)39)36(6)30(40)13-10-25-9-8-21(2)22(3)19-25/h7-9,11-12,19,27,29,33H,1,14-18,20H2,2-6H3/t27-,29-,33+,34+,35-/m1/s1. The highest BCUT2D eigenvalue weighted by Gasteiger charge is 2.75. The fourth-order valence-electron chi connectivity index (χ4n) is 8.23. The molecule has 0 radical (unpaired) electrons. The second-order valence-electron chi connectivity index (χ2n) is 12.3. The third-order valence-electron chi connectivity index (χ3n) is 10.1. The molecule has 2 aliphatic carbocycles. The lowest BCUT2D eigenvalue weighted by Gasteiger charge is -2.65. The van der Waals surface area contributed by atoms with Crippen molar-refractivity contribution >= 4 is 17.8 Å². The number of likely N-dealkylation sites (tertiary alicyclic amines) is 1. The van der Waals surface area contributed by atoms with E-state index in [1.54, 1.807) is 18.0 Å². The molecule has 0 aromatic heterocycles. The van der Waals surface area contributed by atoms with E-state index < -0.39 is 23.1 Å². The van der Waals surface area contributed by atoms with Gasteiger partial charge < -0.3 is 19.1 Å². The van der Waals surface area contributed by atoms with Crippen LogP contribution in [-0.2, 0) is 31.0 Å². The maximum absolute atomic E-state index is 13.6. The predicted octanol–water partition coefficient (Wildman–Crippen LogP) is 4.02. The number of amides is 1. The van der Waals surface area contributed by atoms with Crippen molar-refractivity contribution in [1.29, 1.82) is 0 Å². The highest BCUT2D eigenvalue weighted by Crippen LogP contribution is 2.67. The van der Waals surface area contributed by atoms with Crippen LogP contribution in [0, 0.1) is 25.7 Å². The van der Waals surface area contributed by atoms with E-state index >= 15 is 0 Å². The maximum atomic E-state index is 13.6. The molecule has 2 aromatic carbocycles. The van der Waals surface area contributed by atoms with Crippen LogP contribution in [0.25, 0.3) is 0 Å². The van der Waals surface area contributed by atoms with Crippen LogP contribution in [0.15, 0.2) is 43.0 Å². The summed E-state index contributed by atoms with van der Waals surface area (Å²) in [5.74, 6) is 5.64. The van der Waals surface area contributed by atoms with E-state index in [1.165, 1.54) is 19.4 Å². The van der Waals surface area contributed by atoms with Gasteiger partial charge in [0.05, 0.1) is 17.5 Å². The minimum Gasteiger partial charge on any atom is -0.483 e. The minimum atomic E-state index is -0.886. The molecule has 8 heteroatoms. The Morgan fingerprint density at radius 1 is 1.14 bits per heavy atom. The molecule has 0 N–H and O–H groups in total. The fraction of sp³-hybridized carbons (Fsp3) is 0.457. The average Bonchev–Trinajstić information content (AvgIpc) is 3.30. The van der Waals surface area contributed by atoms with Crippen molar-refractivity contribution in [3.05, 3.63) is 70.8 Å². The molecule has 1 saturated carbocycles. The summed E-state index contributed by atoms with van der Waals surface area (Å²) in [6, 6.07) is 9.25. The largest absolute Gasteiger partial charge is 0.483 e. The van der Waals surface area contributed by atoms with Crippen LogP contribution in [0.2, 0.25) is 0 Å². The quantitative estimate of drug-likeness (QED) is 0.228. The van der Waals surface area contributed by atoms with Crippen LogP contribution in [-0.4, -0.2) is 71.6 Å². The van der Waals surface area contributed by atoms with Gasteiger partial charge in [0.1, 0.15) is 11.7 Å². The van der Waals surface area contributed by atoms with Crippen molar-refractivity contribution < 1.29 is 28.6 Å². The lowest BCUT2D eigenvalue weighted by molar-refractivity contribution is -0.222. The van der Waals surface area contributed by atoms with Gasteiger partial charge in [-0.15, -0.1) is 6.58 Å². The van der Waals surface area contributed by atoms with Crippen molar-refractivity contribution in [1.82, 2.24) is 9.80 Å². The van der Waals surface area contributed by atoms with Gasteiger partial charge in [-0.2, -0.15) is 0 Å². The number of carbonyl (C=O) groups excluding carboxylic acids is 3. The van der Waals surface area contributed by atoms with Gasteiger partial charge in [-0.3, -0.25) is 19.3 Å². The lowest BCUT2D eigenvalue weighted by Crippen LogP contribution is -2.79. The first-order valence-electron chi connectivity index (χ1n) is 14.9. The summed E-state index contributed by atoms with van der Waals surface area (Å²) >= 11 is 0. The zero-order valence-corrected chi connectivity index (χ0v) is 25.5. The van der Waals surface area contributed by atoms with Crippen LogP contribution in [0.3, 0.4) is 0 Å². The van der Waals surface area contributed by atoms with E-state index in [0.29, 0.717) is 43.7 Å². The first-order chi connectivity index (χ1) is 20.5. The minimum absolute atomic E-state index is 0.0983. The summed E-state index contributed by atoms with van der Waals surface area (Å²) in [6.45, 7) is 12.3. The Morgan fingerprint density at radius 3 is 2.63 bits per heavy atom. The number of aryl methyl sites for hydroxylation is 2. The third kappa shape index (κ3) is 4.36. The Bertz CT molecular complexity index is 1600. The van der Waals surface area contributed by atoms with E-state index in [4.69, 9.17) is 14.2 Å². The second kappa shape index (κ2) is 10.6. The summed E-state index contributed by atoms with van der Waals surface area (Å²) in [5, 5.41) is 0. The SMILES string of the molecule is C=CCN1CC[C@]23c4c5ccc(OC(C)=O)c4O[C@H]2[C@H](N(C)C(=O)C#Cc2ccc(C)c(C)c2)CC[C@@]3(OC(C)=O)[C@H]1C5. The molecule has 1 saturated heterocycles. The molecule has 1 amide bonds. The summed E-state index contributed by atoms with van der Waals surface area (Å²) in [6.07, 6.45) is 3.76. The molecule has 2 fully saturated rings. The van der Waals surface area contributed by atoms with E-state index in [2.05, 4.69) is 23.3 Å². The molecule has 224 valence electrons. The predicted molar refractivity (Wildman–Crippen MR) is 161 cm³/mol. The van der Waals surface area contributed by atoms with Crippen LogP contribution in [0.1, 0.15) is 60.9 Å². The van der Waals surface area contributed by atoms with Crippen molar-refractivity contribution in [2.24, 2.45) is 0 Å². The van der Waals surface area contributed by atoms with Crippen LogP contribution >= 0.6 is 0 Å². The molecule has 2 aliphatic heterocycles. The highest BCUT2D eigenvalue weighted by atomic mass is 16.6. The highest BCUT2D eigenvalue weighted by molar-refractivity contribution is 5.94. The first-order valence-corrected chi connectivity index (χ1v) is 14.9. The topological polar surface area (TPSA) is 85.4 Å². The molecule has 8 nitrogen and oxygen atoms in total. The van der Waals surface area contributed by atoms with E-state index in [1.807, 2.05) is 44.2 Å². The van der Waals surface area contributed by atoms with Gasteiger partial charge in [0.25, 0.3) is 5.91 Å². The normalized spacial score (nSPS) is 28.0. The van der Waals surface area contributed by atoms with Gasteiger partial charge in [-0.25, -0.2) is 0 Å². The molecule has 2 bridgehead atoms. The van der Waals surface area contributed by atoms with Gasteiger partial charge in [0, 0.05) is 51.0 Å². The number of ether oxygens (including phenoxy) is 3. The van der Waals surface area contributed by atoms with Crippen molar-refractivity contribution in [3.63, 3.8) is 0 Å². The average molecular weight is 583 g/mol. The number of rotatable bonds is 5. The van der Waals surface area contributed by atoms with E-state index in [-0.39, 0.29) is 24.0 Å². The Morgan fingerprint density at radius 2 is 1.93 bits per heavy atom. The van der Waals surface area contributed by atoms with Gasteiger partial charge >= 0.3 is 11.9 Å². The Labute approximate surface area is 253 Å². The van der Waals surface area contributed by atoms with Crippen molar-refractivity contribution in [3.8, 4) is 23.3 Å². The molecule has 5 atom stereocenters. The summed E-state index contributed by atoms with van der Waals surface area (Å²) in [5.41, 5.74) is 3.47. The number of benzene rings is 2. The Kier molecular flexibility index (Phi) is 7.13. The van der Waals surface area contributed by atoms with Gasteiger partial charge in [0.2, 0.25) is 0 Å². The summed E-state index contributed by atoms with van der Waals surface area (Å²) in [4.78, 5) is 42.5. The second-order valence-corrected chi connectivity index (χ2v) is 12.3. The van der Waals surface area contributed by atoms with Crippen LogP contribution in [0.5, 0.6) is 11.5 Å². The third-order valence-corrected chi connectivity index (χ3v) is 10.1. The molecule has 2 heterocycles. The van der Waals surface area contributed by atoms with Crippen LogP contribution < -0.4 is 9.47 Å². The molecule has 0 unspecified atom stereocenters. The number of hydrogen-bond acceptors (Lipinski definition) is 7. The van der Waals surface area contributed by atoms with Crippen LogP contribution in [0.4, 0.5) is 0 Å². The molecule has 2 aromatic rings. The number of likely N-dealkylation sites (N-methyl/N-ethyl adjacent to an activating group) is 1. The molecule has 6 rings (SSSR count). The number of hydrogen-bond donors (Lipinski definition) is 0. The lowest BCUT2D eigenvalue weighted by atomic mass is 9.48. The zero-order chi connectivity index (χ0) is 30.7. The monoisotopic (exact) mass is 582 g/mol. The van der Waals surface area contributed by atoms with Gasteiger partial charge in [-0.05, 0) is 74.4 Å². The van der Waals surface area contributed by atoms with Crippen molar-refractivity contribution in [2.75, 3.05) is 20.1 Å². The Hall–Kier alpha value is -4.09. The number of carbonyl (C=O) groups is 3. The number of nitrogens with zero attached hydrogens (tertiary/aromatic N) is 2. The van der Waals surface area contributed by atoms with Crippen molar-refractivity contribution in [2.45, 2.75) is 82.6 Å².